The van der Waals surface area contributed by atoms with E-state index in [9.17, 15) is 9.90 Å². The summed E-state index contributed by atoms with van der Waals surface area (Å²) in [5.41, 5.74) is 4.22. The van der Waals surface area contributed by atoms with Gasteiger partial charge in [-0.05, 0) is 50.5 Å². The molecule has 4 rings (SSSR count). The zero-order chi connectivity index (χ0) is 28.0. The molecule has 0 aliphatic carbocycles. The van der Waals surface area contributed by atoms with Crippen molar-refractivity contribution in [3.8, 4) is 11.3 Å². The van der Waals surface area contributed by atoms with E-state index in [0.717, 1.165) is 28.9 Å². The lowest BCUT2D eigenvalue weighted by Gasteiger charge is -2.19. The van der Waals surface area contributed by atoms with Gasteiger partial charge in [-0.3, -0.25) is 9.69 Å². The van der Waals surface area contributed by atoms with E-state index < -0.39 is 0 Å². The summed E-state index contributed by atoms with van der Waals surface area (Å²) >= 11 is 0. The third-order valence-electron chi connectivity index (χ3n) is 6.44. The molecule has 0 spiro atoms. The molecule has 206 valence electrons. The number of fused-ring (bicyclic) bond motifs is 1. The summed E-state index contributed by atoms with van der Waals surface area (Å²) < 4.78 is 1.68. The first-order valence-corrected chi connectivity index (χ1v) is 12.9. The first-order valence-electron chi connectivity index (χ1n) is 12.9. The maximum Gasteiger partial charge on any atom is 0.273 e. The van der Waals surface area contributed by atoms with E-state index in [-0.39, 0.29) is 29.8 Å². The number of amides is 1. The SMILES string of the molecule is CN/C=C(\C=N)Nc1nccc(-c2ccc3c(c2)CN(CCO)CCC3NC(=O)c2cn(C(C)(C)C)nn2)n1. The lowest BCUT2D eigenvalue weighted by atomic mass is 9.96. The van der Waals surface area contributed by atoms with Gasteiger partial charge in [0.05, 0.1) is 35.8 Å². The molecule has 0 bridgehead atoms. The molecule has 2 aromatic heterocycles. The Labute approximate surface area is 228 Å². The number of nitrogens with one attached hydrogen (secondary N) is 4. The fraction of sp³-hybridized carbons (Fsp3) is 0.407. The van der Waals surface area contributed by atoms with E-state index in [1.807, 2.05) is 39.0 Å². The maximum absolute atomic E-state index is 13.1. The van der Waals surface area contributed by atoms with Gasteiger partial charge in [-0.1, -0.05) is 17.3 Å². The highest BCUT2D eigenvalue weighted by molar-refractivity contribution is 5.92. The Hall–Kier alpha value is -4.16. The predicted molar refractivity (Wildman–Crippen MR) is 149 cm³/mol. The molecule has 3 heterocycles. The average Bonchev–Trinajstić information content (AvgIpc) is 3.36. The molecule has 0 saturated carbocycles. The van der Waals surface area contributed by atoms with Gasteiger partial charge in [0.15, 0.2) is 5.69 Å². The lowest BCUT2D eigenvalue weighted by molar-refractivity contribution is 0.0926. The number of carbonyl (C=O) groups excluding carboxylic acids is 1. The van der Waals surface area contributed by atoms with Crippen LogP contribution in [0.3, 0.4) is 0 Å². The van der Waals surface area contributed by atoms with Gasteiger partial charge in [-0.2, -0.15) is 0 Å². The minimum Gasteiger partial charge on any atom is -0.395 e. The summed E-state index contributed by atoms with van der Waals surface area (Å²) in [5.74, 6) is 0.104. The highest BCUT2D eigenvalue weighted by Gasteiger charge is 2.26. The molecule has 1 unspecified atom stereocenters. The average molecular weight is 533 g/mol. The summed E-state index contributed by atoms with van der Waals surface area (Å²) in [6.07, 6.45) is 6.87. The van der Waals surface area contributed by atoms with Crippen molar-refractivity contribution in [3.05, 3.63) is 65.4 Å². The van der Waals surface area contributed by atoms with Gasteiger partial charge < -0.3 is 26.5 Å². The van der Waals surface area contributed by atoms with Crippen LogP contribution >= 0.6 is 0 Å². The summed E-state index contributed by atoms with van der Waals surface area (Å²) in [4.78, 5) is 24.2. The molecule has 1 amide bonds. The van der Waals surface area contributed by atoms with Gasteiger partial charge in [0.1, 0.15) is 0 Å². The Bertz CT molecular complexity index is 1340. The van der Waals surface area contributed by atoms with Gasteiger partial charge in [-0.15, -0.1) is 5.10 Å². The Kier molecular flexibility index (Phi) is 8.67. The second kappa shape index (κ2) is 12.1. The highest BCUT2D eigenvalue weighted by Crippen LogP contribution is 2.31. The van der Waals surface area contributed by atoms with Crippen LogP contribution in [-0.2, 0) is 12.1 Å². The summed E-state index contributed by atoms with van der Waals surface area (Å²) in [5, 5.41) is 34.4. The van der Waals surface area contributed by atoms with Crippen LogP contribution in [0.5, 0.6) is 0 Å². The molecule has 0 radical (unpaired) electrons. The molecule has 12 nitrogen and oxygen atoms in total. The molecule has 1 atom stereocenters. The molecule has 1 aliphatic heterocycles. The quantitative estimate of drug-likeness (QED) is 0.261. The van der Waals surface area contributed by atoms with Gasteiger partial charge in [0.25, 0.3) is 5.91 Å². The number of aliphatic hydroxyl groups is 1. The summed E-state index contributed by atoms with van der Waals surface area (Å²) in [6, 6.07) is 7.70. The topological polar surface area (TPSA) is 157 Å². The van der Waals surface area contributed by atoms with Crippen molar-refractivity contribution in [3.63, 3.8) is 0 Å². The lowest BCUT2D eigenvalue weighted by Crippen LogP contribution is -2.31. The molecular formula is C27H36N10O2. The number of rotatable bonds is 9. The smallest absolute Gasteiger partial charge is 0.273 e. The van der Waals surface area contributed by atoms with E-state index in [0.29, 0.717) is 31.2 Å². The van der Waals surface area contributed by atoms with Crippen LogP contribution in [0, 0.1) is 5.41 Å². The van der Waals surface area contributed by atoms with Gasteiger partial charge in [0.2, 0.25) is 5.95 Å². The number of nitrogens with zero attached hydrogens (tertiary/aromatic N) is 6. The molecule has 5 N–H and O–H groups in total. The molecular weight excluding hydrogens is 496 g/mol. The van der Waals surface area contributed by atoms with E-state index in [4.69, 9.17) is 5.41 Å². The summed E-state index contributed by atoms with van der Waals surface area (Å²) in [6.45, 7) is 7.95. The minimum atomic E-state index is -0.276. The monoisotopic (exact) mass is 532 g/mol. The second-order valence-electron chi connectivity index (χ2n) is 10.4. The van der Waals surface area contributed by atoms with Crippen LogP contribution in [0.25, 0.3) is 11.3 Å². The van der Waals surface area contributed by atoms with E-state index in [1.165, 1.54) is 6.21 Å². The van der Waals surface area contributed by atoms with E-state index in [2.05, 4.69) is 47.2 Å². The molecule has 0 fully saturated rings. The highest BCUT2D eigenvalue weighted by atomic mass is 16.3. The maximum atomic E-state index is 13.1. The van der Waals surface area contributed by atoms with Crippen molar-refractivity contribution in [2.24, 2.45) is 0 Å². The van der Waals surface area contributed by atoms with Crippen molar-refractivity contribution < 1.29 is 9.90 Å². The normalized spacial score (nSPS) is 16.2. The Morgan fingerprint density at radius 2 is 2.10 bits per heavy atom. The standard InChI is InChI=1S/C27H36N10O2/c1-27(2,3)37-17-24(34-35-37)25(39)32-23-8-10-36(11-12-38)16-19-13-18(5-6-21(19)23)22-7-9-30-26(33-22)31-20(14-28)15-29-4/h5-7,9,13-15,17,23,28-29,38H,8,10-12,16H2,1-4H3,(H,32,39)(H,30,31,33)/b20-15+,28-14?. The van der Waals surface area contributed by atoms with Crippen molar-refractivity contribution >= 4 is 18.1 Å². The predicted octanol–water partition coefficient (Wildman–Crippen LogP) is 2.28. The minimum absolute atomic E-state index is 0.0540. The third-order valence-corrected chi connectivity index (χ3v) is 6.44. The number of allylic oxidation sites excluding steroid dienone is 1. The molecule has 39 heavy (non-hydrogen) atoms. The first-order chi connectivity index (χ1) is 18.7. The van der Waals surface area contributed by atoms with E-state index >= 15 is 0 Å². The van der Waals surface area contributed by atoms with Crippen LogP contribution in [0.1, 0.15) is 54.8 Å². The number of aliphatic hydroxyl groups excluding tert-OH is 1. The van der Waals surface area contributed by atoms with Crippen molar-refractivity contribution in [2.75, 3.05) is 32.1 Å². The van der Waals surface area contributed by atoms with Crippen molar-refractivity contribution in [2.45, 2.75) is 45.3 Å². The van der Waals surface area contributed by atoms with Crippen molar-refractivity contribution in [1.82, 2.24) is 40.5 Å². The zero-order valence-corrected chi connectivity index (χ0v) is 22.8. The van der Waals surface area contributed by atoms with Crippen LogP contribution in [-0.4, -0.2) is 73.8 Å². The van der Waals surface area contributed by atoms with Crippen LogP contribution < -0.4 is 16.0 Å². The number of benzene rings is 1. The first kappa shape index (κ1) is 27.9. The van der Waals surface area contributed by atoms with Gasteiger partial charge >= 0.3 is 0 Å². The number of anilines is 1. The van der Waals surface area contributed by atoms with Gasteiger partial charge in [-0.25, -0.2) is 14.6 Å². The molecule has 12 heteroatoms. The molecule has 0 saturated heterocycles. The van der Waals surface area contributed by atoms with Crippen LogP contribution in [0.2, 0.25) is 0 Å². The zero-order valence-electron chi connectivity index (χ0n) is 22.8. The van der Waals surface area contributed by atoms with Gasteiger partial charge in [0, 0.05) is 50.9 Å². The molecule has 1 aromatic carbocycles. The second-order valence-corrected chi connectivity index (χ2v) is 10.4. The number of aromatic nitrogens is 5. The third kappa shape index (κ3) is 6.84. The number of hydrogen-bond donors (Lipinski definition) is 5. The molecule has 1 aliphatic rings. The Balaban J connectivity index is 1.62. The Morgan fingerprint density at radius 3 is 2.79 bits per heavy atom. The van der Waals surface area contributed by atoms with E-state index in [1.54, 1.807) is 30.3 Å². The number of carbonyl (C=O) groups is 1. The fourth-order valence-electron chi connectivity index (χ4n) is 4.42. The summed E-state index contributed by atoms with van der Waals surface area (Å²) in [7, 11) is 1.75. The molecule has 3 aromatic rings. The Morgan fingerprint density at radius 1 is 1.28 bits per heavy atom. The number of β-amino-alcohol motifs (C(OH)–C–C–N with tert-alkyl or cyclic N) is 1. The van der Waals surface area contributed by atoms with Crippen LogP contribution in [0.4, 0.5) is 5.95 Å². The number of hydrogen-bond acceptors (Lipinski definition) is 10. The van der Waals surface area contributed by atoms with Crippen molar-refractivity contribution in [1.29, 1.82) is 5.41 Å². The van der Waals surface area contributed by atoms with Crippen LogP contribution in [0.15, 0.2) is 48.6 Å². The fourth-order valence-corrected chi connectivity index (χ4v) is 4.42. The largest absolute Gasteiger partial charge is 0.395 e.